The van der Waals surface area contributed by atoms with Gasteiger partial charge in [0.25, 0.3) is 11.1 Å². The summed E-state index contributed by atoms with van der Waals surface area (Å²) >= 11 is 0. The highest BCUT2D eigenvalue weighted by molar-refractivity contribution is 5.82. The molecule has 4 aromatic rings. The number of benzene rings is 1. The number of rotatable bonds is 8. The first kappa shape index (κ1) is 28.7. The number of aromatic nitrogens is 6. The largest absolute Gasteiger partial charge is 0.488 e. The number of hydrogen-bond donors (Lipinski definition) is 2. The molecule has 1 aromatic carbocycles. The SMILES string of the molecule is CC(CC(F)Cn1cnc2cc(-c3ncc(C(C)(C)O)cn3)c(F)cc2c1=O)Oc1cn[nH]c(=O)c1C(F)(F)F. The predicted octanol–water partition coefficient (Wildman–Crippen LogP) is 3.52. The standard InChI is InChI=1S/C25H23F5N6O4/c1-12(40-19-9-34-35-22(37)20(19)25(28,29)30)4-14(26)10-36-11-33-18-6-15(17(27)5-16(18)23(36)38)21-31-7-13(8-32-21)24(2,3)39/h5-9,11-12,14,39H,4,10H2,1-3H3,(H,35,37). The summed E-state index contributed by atoms with van der Waals surface area (Å²) in [5, 5.41) is 14.9. The predicted molar refractivity (Wildman–Crippen MR) is 132 cm³/mol. The molecule has 0 aliphatic heterocycles. The van der Waals surface area contributed by atoms with Gasteiger partial charge in [0, 0.05) is 24.4 Å². The van der Waals surface area contributed by atoms with Crippen molar-refractivity contribution in [2.45, 2.75) is 57.8 Å². The normalized spacial score (nSPS) is 13.8. The average molecular weight is 566 g/mol. The van der Waals surface area contributed by atoms with Gasteiger partial charge in [-0.3, -0.25) is 14.2 Å². The van der Waals surface area contributed by atoms with Gasteiger partial charge in [-0.1, -0.05) is 0 Å². The fraction of sp³-hybridized carbons (Fsp3) is 0.360. The van der Waals surface area contributed by atoms with Crippen LogP contribution in [0.25, 0.3) is 22.3 Å². The molecule has 2 atom stereocenters. The molecule has 0 saturated heterocycles. The minimum absolute atomic E-state index is 0.000440. The maximum absolute atomic E-state index is 14.9. The number of aliphatic hydroxyl groups is 1. The fourth-order valence-corrected chi connectivity index (χ4v) is 3.92. The van der Waals surface area contributed by atoms with Crippen LogP contribution in [-0.2, 0) is 18.3 Å². The Morgan fingerprint density at radius 3 is 2.40 bits per heavy atom. The molecule has 2 N–H and O–H groups in total. The first-order valence-corrected chi connectivity index (χ1v) is 11.8. The Morgan fingerprint density at radius 2 is 1.77 bits per heavy atom. The van der Waals surface area contributed by atoms with Gasteiger partial charge < -0.3 is 9.84 Å². The summed E-state index contributed by atoms with van der Waals surface area (Å²) in [6.45, 7) is 3.83. The van der Waals surface area contributed by atoms with Gasteiger partial charge >= 0.3 is 6.18 Å². The number of H-pyrrole nitrogens is 1. The molecule has 212 valence electrons. The van der Waals surface area contributed by atoms with Crippen LogP contribution < -0.4 is 15.9 Å². The molecule has 40 heavy (non-hydrogen) atoms. The lowest BCUT2D eigenvalue weighted by Gasteiger charge is -2.19. The molecule has 10 nitrogen and oxygen atoms in total. The van der Waals surface area contributed by atoms with Gasteiger partial charge in [-0.25, -0.2) is 28.8 Å². The lowest BCUT2D eigenvalue weighted by Crippen LogP contribution is -2.29. The van der Waals surface area contributed by atoms with Gasteiger partial charge in [0.05, 0.1) is 47.2 Å². The van der Waals surface area contributed by atoms with Gasteiger partial charge in [0.15, 0.2) is 17.1 Å². The number of nitrogens with one attached hydrogen (secondary N) is 1. The van der Waals surface area contributed by atoms with Crippen molar-refractivity contribution in [3.05, 3.63) is 74.7 Å². The third-order valence-electron chi connectivity index (χ3n) is 5.93. The van der Waals surface area contributed by atoms with Crippen molar-refractivity contribution in [2.24, 2.45) is 0 Å². The van der Waals surface area contributed by atoms with Crippen molar-refractivity contribution in [2.75, 3.05) is 0 Å². The van der Waals surface area contributed by atoms with E-state index < -0.39 is 65.3 Å². The van der Waals surface area contributed by atoms with E-state index in [9.17, 15) is 36.6 Å². The number of nitrogens with zero attached hydrogens (tertiary/aromatic N) is 5. The van der Waals surface area contributed by atoms with Crippen molar-refractivity contribution in [1.82, 2.24) is 29.7 Å². The third kappa shape index (κ3) is 6.14. The summed E-state index contributed by atoms with van der Waals surface area (Å²) < 4.78 is 75.4. The molecule has 2 unspecified atom stereocenters. The minimum atomic E-state index is -5.02. The molecule has 0 saturated carbocycles. The molecule has 0 fully saturated rings. The van der Waals surface area contributed by atoms with E-state index in [0.717, 1.165) is 17.0 Å². The fourth-order valence-electron chi connectivity index (χ4n) is 3.92. The molecule has 0 aliphatic rings. The molecule has 0 aliphatic carbocycles. The third-order valence-corrected chi connectivity index (χ3v) is 5.93. The zero-order valence-corrected chi connectivity index (χ0v) is 21.3. The first-order chi connectivity index (χ1) is 18.6. The van der Waals surface area contributed by atoms with E-state index in [1.54, 1.807) is 18.9 Å². The van der Waals surface area contributed by atoms with E-state index in [0.29, 0.717) is 11.8 Å². The summed E-state index contributed by atoms with van der Waals surface area (Å²) in [7, 11) is 0. The highest BCUT2D eigenvalue weighted by Crippen LogP contribution is 2.33. The lowest BCUT2D eigenvalue weighted by atomic mass is 10.0. The van der Waals surface area contributed by atoms with Gasteiger partial charge in [-0.05, 0) is 32.9 Å². The molecule has 4 rings (SSSR count). The zero-order chi connectivity index (χ0) is 29.4. The Hall–Kier alpha value is -4.27. The van der Waals surface area contributed by atoms with E-state index in [1.807, 2.05) is 0 Å². The van der Waals surface area contributed by atoms with E-state index in [4.69, 9.17) is 4.74 Å². The second-order valence-corrected chi connectivity index (χ2v) is 9.60. The Bertz CT molecular complexity index is 1650. The van der Waals surface area contributed by atoms with Gasteiger partial charge in [0.2, 0.25) is 0 Å². The van der Waals surface area contributed by atoms with Crippen LogP contribution in [0.3, 0.4) is 0 Å². The van der Waals surface area contributed by atoms with Crippen molar-refractivity contribution in [3.63, 3.8) is 0 Å². The van der Waals surface area contributed by atoms with Crippen LogP contribution in [0.1, 0.15) is 38.3 Å². The monoisotopic (exact) mass is 566 g/mol. The van der Waals surface area contributed by atoms with Gasteiger partial charge in [-0.2, -0.15) is 18.3 Å². The maximum atomic E-state index is 14.9. The molecule has 0 bridgehead atoms. The van der Waals surface area contributed by atoms with Gasteiger partial charge in [0.1, 0.15) is 12.0 Å². The summed E-state index contributed by atoms with van der Waals surface area (Å²) in [6, 6.07) is 2.20. The summed E-state index contributed by atoms with van der Waals surface area (Å²) in [6.07, 6.45) is -3.95. The Morgan fingerprint density at radius 1 is 1.10 bits per heavy atom. The number of hydrogen-bond acceptors (Lipinski definition) is 8. The molecule has 0 spiro atoms. The Kier molecular flexibility index (Phi) is 7.70. The number of halogens is 5. The zero-order valence-electron chi connectivity index (χ0n) is 21.3. The van der Waals surface area contributed by atoms with Crippen LogP contribution in [0.5, 0.6) is 5.75 Å². The second-order valence-electron chi connectivity index (χ2n) is 9.60. The molecule has 3 heterocycles. The molecule has 3 aromatic heterocycles. The maximum Gasteiger partial charge on any atom is 0.425 e. The Balaban J connectivity index is 1.51. The molecule has 15 heteroatoms. The Labute approximate surface area is 222 Å². The second kappa shape index (κ2) is 10.7. The summed E-state index contributed by atoms with van der Waals surface area (Å²) in [5.41, 5.74) is -4.58. The van der Waals surface area contributed by atoms with E-state index in [-0.39, 0.29) is 22.3 Å². The van der Waals surface area contributed by atoms with Crippen LogP contribution in [0.4, 0.5) is 22.0 Å². The molecule has 0 radical (unpaired) electrons. The smallest absolute Gasteiger partial charge is 0.425 e. The number of aromatic amines is 1. The quantitative estimate of drug-likeness (QED) is 0.310. The summed E-state index contributed by atoms with van der Waals surface area (Å²) in [5.74, 6) is -1.68. The van der Waals surface area contributed by atoms with Crippen LogP contribution >= 0.6 is 0 Å². The molecular weight excluding hydrogens is 543 g/mol. The first-order valence-electron chi connectivity index (χ1n) is 11.8. The number of alkyl halides is 4. The van der Waals surface area contributed by atoms with Crippen molar-refractivity contribution < 1.29 is 31.8 Å². The van der Waals surface area contributed by atoms with Crippen LogP contribution in [0.15, 0.2) is 46.6 Å². The van der Waals surface area contributed by atoms with Gasteiger partial charge in [-0.15, -0.1) is 0 Å². The van der Waals surface area contributed by atoms with E-state index in [2.05, 4.69) is 20.1 Å². The highest BCUT2D eigenvalue weighted by atomic mass is 19.4. The minimum Gasteiger partial charge on any atom is -0.488 e. The molecular formula is C25H23F5N6O4. The number of fused-ring (bicyclic) bond motifs is 1. The van der Waals surface area contributed by atoms with Crippen LogP contribution in [-0.4, -0.2) is 47.1 Å². The van der Waals surface area contributed by atoms with E-state index >= 15 is 0 Å². The average Bonchev–Trinajstić information content (AvgIpc) is 2.84. The van der Waals surface area contributed by atoms with Crippen molar-refractivity contribution in [3.8, 4) is 17.1 Å². The lowest BCUT2D eigenvalue weighted by molar-refractivity contribution is -0.140. The topological polar surface area (TPSA) is 136 Å². The molecule has 0 amide bonds. The number of ether oxygens (including phenoxy) is 1. The van der Waals surface area contributed by atoms with Crippen LogP contribution in [0, 0.1) is 5.82 Å². The highest BCUT2D eigenvalue weighted by Gasteiger charge is 2.38. The van der Waals surface area contributed by atoms with Crippen LogP contribution in [0.2, 0.25) is 0 Å². The summed E-state index contributed by atoms with van der Waals surface area (Å²) in [4.78, 5) is 36.7. The van der Waals surface area contributed by atoms with Crippen molar-refractivity contribution in [1.29, 1.82) is 0 Å². The van der Waals surface area contributed by atoms with Crippen molar-refractivity contribution >= 4 is 10.9 Å². The van der Waals surface area contributed by atoms with E-state index in [1.165, 1.54) is 25.4 Å².